The van der Waals surface area contributed by atoms with Crippen molar-refractivity contribution in [2.24, 2.45) is 0 Å². The minimum Gasteiger partial charge on any atom is -0.496 e. The van der Waals surface area contributed by atoms with Gasteiger partial charge in [-0.25, -0.2) is 4.98 Å². The summed E-state index contributed by atoms with van der Waals surface area (Å²) in [5, 5.41) is 2.89. The van der Waals surface area contributed by atoms with E-state index in [9.17, 15) is 4.79 Å². The van der Waals surface area contributed by atoms with Crippen LogP contribution in [0.5, 0.6) is 11.5 Å². The Kier molecular flexibility index (Phi) is 6.12. The normalized spacial score (nSPS) is 11.9. The van der Waals surface area contributed by atoms with Gasteiger partial charge in [0.15, 0.2) is 5.58 Å². The molecule has 3 aromatic carbocycles. The Morgan fingerprint density at radius 3 is 2.34 bits per heavy atom. The van der Waals surface area contributed by atoms with E-state index in [1.54, 1.807) is 18.2 Å². The van der Waals surface area contributed by atoms with E-state index in [0.29, 0.717) is 34.6 Å². The fourth-order valence-corrected chi connectivity index (χ4v) is 3.57. The van der Waals surface area contributed by atoms with E-state index in [1.165, 1.54) is 19.8 Å². The maximum atomic E-state index is 12.9. The highest BCUT2D eigenvalue weighted by atomic mass is 16.5. The second-order valence-electron chi connectivity index (χ2n) is 7.62. The molecular weight excluding hydrogens is 404 g/mol. The number of aromatic nitrogens is 1. The van der Waals surface area contributed by atoms with Gasteiger partial charge < -0.3 is 19.2 Å². The Balaban J connectivity index is 1.56. The number of rotatable bonds is 7. The second-order valence-corrected chi connectivity index (χ2v) is 7.62. The number of methoxy groups -OCH3 is 2. The van der Waals surface area contributed by atoms with E-state index in [4.69, 9.17) is 13.9 Å². The predicted octanol–water partition coefficient (Wildman–Crippen LogP) is 6.28. The second kappa shape index (κ2) is 9.14. The third-order valence-corrected chi connectivity index (χ3v) is 5.64. The molecule has 0 unspecified atom stereocenters. The number of nitrogens with zero attached hydrogens (tertiary/aromatic N) is 1. The number of carbonyl (C=O) groups is 1. The molecule has 0 saturated carbocycles. The van der Waals surface area contributed by atoms with Crippen molar-refractivity contribution in [1.29, 1.82) is 0 Å². The van der Waals surface area contributed by atoms with E-state index in [-0.39, 0.29) is 5.91 Å². The minimum absolute atomic E-state index is 0.313. The summed E-state index contributed by atoms with van der Waals surface area (Å²) in [6, 6.07) is 18.7. The maximum absolute atomic E-state index is 12.9. The van der Waals surface area contributed by atoms with E-state index in [2.05, 4.69) is 36.3 Å². The molecule has 0 bridgehead atoms. The van der Waals surface area contributed by atoms with Crippen molar-refractivity contribution in [3.05, 3.63) is 71.8 Å². The van der Waals surface area contributed by atoms with Crippen molar-refractivity contribution >= 4 is 22.7 Å². The Bertz CT molecular complexity index is 1220. The Morgan fingerprint density at radius 1 is 1.03 bits per heavy atom. The van der Waals surface area contributed by atoms with Crippen molar-refractivity contribution in [3.63, 3.8) is 0 Å². The van der Waals surface area contributed by atoms with Gasteiger partial charge in [0.25, 0.3) is 5.91 Å². The molecular formula is C26H26N2O4. The summed E-state index contributed by atoms with van der Waals surface area (Å²) < 4.78 is 16.6. The molecule has 4 rings (SSSR count). The van der Waals surface area contributed by atoms with Gasteiger partial charge in [0, 0.05) is 11.3 Å². The first-order valence-corrected chi connectivity index (χ1v) is 10.6. The number of carbonyl (C=O) groups excluding carboxylic acids is 1. The summed E-state index contributed by atoms with van der Waals surface area (Å²) in [7, 11) is 3.04. The molecule has 164 valence electrons. The highest BCUT2D eigenvalue weighted by Crippen LogP contribution is 2.31. The van der Waals surface area contributed by atoms with Crippen LogP contribution in [-0.4, -0.2) is 25.1 Å². The number of fused-ring (bicyclic) bond motifs is 1. The third-order valence-electron chi connectivity index (χ3n) is 5.64. The molecule has 0 radical (unpaired) electrons. The van der Waals surface area contributed by atoms with Crippen LogP contribution in [0, 0.1) is 0 Å². The molecule has 0 aliphatic rings. The van der Waals surface area contributed by atoms with Crippen LogP contribution in [0.4, 0.5) is 5.69 Å². The van der Waals surface area contributed by atoms with E-state index >= 15 is 0 Å². The molecule has 0 saturated heterocycles. The predicted molar refractivity (Wildman–Crippen MR) is 126 cm³/mol. The lowest BCUT2D eigenvalue weighted by Crippen LogP contribution is -2.14. The molecule has 6 nitrogen and oxygen atoms in total. The maximum Gasteiger partial charge on any atom is 0.263 e. The number of hydrogen-bond donors (Lipinski definition) is 1. The number of hydrogen-bond acceptors (Lipinski definition) is 5. The highest BCUT2D eigenvalue weighted by Gasteiger charge is 2.18. The van der Waals surface area contributed by atoms with Crippen LogP contribution < -0.4 is 14.8 Å². The minimum atomic E-state index is -0.313. The highest BCUT2D eigenvalue weighted by molar-refractivity contribution is 6.08. The monoisotopic (exact) mass is 430 g/mol. The Morgan fingerprint density at radius 2 is 1.72 bits per heavy atom. The molecule has 0 aliphatic heterocycles. The molecule has 0 spiro atoms. The van der Waals surface area contributed by atoms with Crippen molar-refractivity contribution in [3.8, 4) is 23.0 Å². The number of oxazole rings is 1. The zero-order valence-electron chi connectivity index (χ0n) is 18.6. The van der Waals surface area contributed by atoms with E-state index < -0.39 is 0 Å². The van der Waals surface area contributed by atoms with E-state index in [0.717, 1.165) is 23.1 Å². The number of amides is 1. The molecule has 0 fully saturated rings. The smallest absolute Gasteiger partial charge is 0.263 e. The van der Waals surface area contributed by atoms with Crippen molar-refractivity contribution < 1.29 is 18.7 Å². The summed E-state index contributed by atoms with van der Waals surface area (Å²) in [5.41, 5.74) is 4.68. The van der Waals surface area contributed by atoms with Crippen LogP contribution in [0.1, 0.15) is 42.1 Å². The first-order valence-electron chi connectivity index (χ1n) is 10.6. The summed E-state index contributed by atoms with van der Waals surface area (Å²) in [6.07, 6.45) is 1.07. The first kappa shape index (κ1) is 21.4. The summed E-state index contributed by atoms with van der Waals surface area (Å²) >= 11 is 0. The third kappa shape index (κ3) is 4.17. The van der Waals surface area contributed by atoms with Crippen LogP contribution in [0.2, 0.25) is 0 Å². The number of benzene rings is 3. The lowest BCUT2D eigenvalue weighted by atomic mass is 9.98. The standard InChI is InChI=1S/C26H26N2O4/c1-5-16(2)18-11-14-21-20(15-18)28-26(32-21)17-9-12-19(13-10-17)27-25(29)24-22(30-3)7-6-8-23(24)31-4/h6-16H,5H2,1-4H3,(H,27,29)/t16-/m0/s1. The van der Waals surface area contributed by atoms with Gasteiger partial charge in [-0.3, -0.25) is 4.79 Å². The van der Waals surface area contributed by atoms with Gasteiger partial charge in [-0.15, -0.1) is 0 Å². The van der Waals surface area contributed by atoms with Gasteiger partial charge in [0.2, 0.25) is 5.89 Å². The molecule has 1 aromatic heterocycles. The molecule has 1 heterocycles. The molecule has 1 atom stereocenters. The van der Waals surface area contributed by atoms with Gasteiger partial charge in [0.1, 0.15) is 22.6 Å². The summed E-state index contributed by atoms with van der Waals surface area (Å²) in [4.78, 5) is 17.5. The van der Waals surface area contributed by atoms with Gasteiger partial charge in [-0.2, -0.15) is 0 Å². The van der Waals surface area contributed by atoms with Crippen LogP contribution in [0.25, 0.3) is 22.6 Å². The molecule has 32 heavy (non-hydrogen) atoms. The van der Waals surface area contributed by atoms with Gasteiger partial charge in [-0.1, -0.05) is 26.0 Å². The van der Waals surface area contributed by atoms with Gasteiger partial charge in [0.05, 0.1) is 14.2 Å². The quantitative estimate of drug-likeness (QED) is 0.374. The van der Waals surface area contributed by atoms with Crippen LogP contribution >= 0.6 is 0 Å². The fraction of sp³-hybridized carbons (Fsp3) is 0.231. The summed E-state index contributed by atoms with van der Waals surface area (Å²) in [6.45, 7) is 4.38. The zero-order chi connectivity index (χ0) is 22.7. The van der Waals surface area contributed by atoms with E-state index in [1.807, 2.05) is 30.3 Å². The lowest BCUT2D eigenvalue weighted by molar-refractivity contribution is 0.102. The van der Waals surface area contributed by atoms with Crippen LogP contribution in [0.15, 0.2) is 65.1 Å². The number of nitrogens with one attached hydrogen (secondary N) is 1. The summed E-state index contributed by atoms with van der Waals surface area (Å²) in [5.74, 6) is 1.60. The largest absolute Gasteiger partial charge is 0.496 e. The average molecular weight is 431 g/mol. The first-order chi connectivity index (χ1) is 15.5. The van der Waals surface area contributed by atoms with Crippen LogP contribution in [-0.2, 0) is 0 Å². The van der Waals surface area contributed by atoms with Crippen molar-refractivity contribution in [1.82, 2.24) is 4.98 Å². The van der Waals surface area contributed by atoms with Crippen LogP contribution in [0.3, 0.4) is 0 Å². The topological polar surface area (TPSA) is 73.6 Å². The van der Waals surface area contributed by atoms with Crippen molar-refractivity contribution in [2.75, 3.05) is 19.5 Å². The lowest BCUT2D eigenvalue weighted by Gasteiger charge is -2.13. The average Bonchev–Trinajstić information content (AvgIpc) is 3.26. The van der Waals surface area contributed by atoms with Gasteiger partial charge in [-0.05, 0) is 66.4 Å². The van der Waals surface area contributed by atoms with Gasteiger partial charge >= 0.3 is 0 Å². The Labute approximate surface area is 187 Å². The molecule has 1 amide bonds. The molecule has 4 aromatic rings. The number of ether oxygens (including phenoxy) is 2. The molecule has 0 aliphatic carbocycles. The fourth-order valence-electron chi connectivity index (χ4n) is 3.57. The molecule has 6 heteroatoms. The SMILES string of the molecule is CC[C@H](C)c1ccc2oc(-c3ccc(NC(=O)c4c(OC)cccc4OC)cc3)nc2c1. The van der Waals surface area contributed by atoms with Crippen molar-refractivity contribution in [2.45, 2.75) is 26.2 Å². The zero-order valence-corrected chi connectivity index (χ0v) is 18.6. The Hall–Kier alpha value is -3.80. The molecule has 1 N–H and O–H groups in total. The number of anilines is 1.